The van der Waals surface area contributed by atoms with E-state index in [2.05, 4.69) is 0 Å². The summed E-state index contributed by atoms with van der Waals surface area (Å²) in [5.74, 6) is -1.09. The molecule has 3 nitrogen and oxygen atoms in total. The molecule has 0 heterocycles. The van der Waals surface area contributed by atoms with Crippen LogP contribution in [0.1, 0.15) is 18.0 Å². The van der Waals surface area contributed by atoms with Gasteiger partial charge in [-0.15, -0.1) is 12.4 Å². The van der Waals surface area contributed by atoms with Crippen molar-refractivity contribution in [3.8, 4) is 0 Å². The monoisotopic (exact) mass is 301 g/mol. The van der Waals surface area contributed by atoms with Gasteiger partial charge in [-0.2, -0.15) is 13.2 Å². The van der Waals surface area contributed by atoms with Gasteiger partial charge >= 0.3 is 11.5 Å². The Morgan fingerprint density at radius 1 is 1.44 bits per heavy atom. The van der Waals surface area contributed by atoms with E-state index in [4.69, 9.17) is 10.8 Å². The lowest BCUT2D eigenvalue weighted by atomic mass is 10.1. The Labute approximate surface area is 112 Å². The number of halogens is 4. The highest BCUT2D eigenvalue weighted by atomic mass is 35.5. The van der Waals surface area contributed by atoms with Crippen LogP contribution in [0.5, 0.6) is 0 Å². The molecule has 0 fully saturated rings. The molecule has 0 saturated heterocycles. The van der Waals surface area contributed by atoms with Crippen LogP contribution in [0, 0.1) is 0 Å². The van der Waals surface area contributed by atoms with E-state index in [9.17, 15) is 18.0 Å². The van der Waals surface area contributed by atoms with Gasteiger partial charge in [0, 0.05) is 10.9 Å². The number of alkyl halides is 3. The van der Waals surface area contributed by atoms with Crippen molar-refractivity contribution in [3.63, 3.8) is 0 Å². The molecule has 0 amide bonds. The topological polar surface area (TPSA) is 63.3 Å². The minimum absolute atomic E-state index is 0. The highest BCUT2D eigenvalue weighted by molar-refractivity contribution is 8.00. The fraction of sp³-hybridized carbons (Fsp3) is 0.300. The third-order valence-electron chi connectivity index (χ3n) is 1.91. The van der Waals surface area contributed by atoms with E-state index in [-0.39, 0.29) is 35.5 Å². The second-order valence-corrected chi connectivity index (χ2v) is 4.46. The van der Waals surface area contributed by atoms with Gasteiger partial charge in [0.05, 0.1) is 6.42 Å². The molecule has 0 radical (unpaired) electrons. The molecular formula is C10H11ClF3NO2S. The smallest absolute Gasteiger partial charge is 0.446 e. The van der Waals surface area contributed by atoms with Gasteiger partial charge in [-0.05, 0) is 29.5 Å². The van der Waals surface area contributed by atoms with E-state index in [0.29, 0.717) is 5.56 Å². The van der Waals surface area contributed by atoms with E-state index in [1.54, 1.807) is 0 Å². The maximum absolute atomic E-state index is 12.1. The first kappa shape index (κ1) is 17.1. The zero-order chi connectivity index (χ0) is 13.1. The summed E-state index contributed by atoms with van der Waals surface area (Å²) in [5.41, 5.74) is 1.57. The van der Waals surface area contributed by atoms with Crippen molar-refractivity contribution in [1.82, 2.24) is 0 Å². The van der Waals surface area contributed by atoms with E-state index in [1.165, 1.54) is 24.3 Å². The maximum atomic E-state index is 12.1. The van der Waals surface area contributed by atoms with Crippen molar-refractivity contribution in [2.24, 2.45) is 5.73 Å². The van der Waals surface area contributed by atoms with Gasteiger partial charge in [-0.3, -0.25) is 4.79 Å². The van der Waals surface area contributed by atoms with E-state index >= 15 is 0 Å². The Bertz CT molecular complexity index is 414. The molecule has 102 valence electrons. The summed E-state index contributed by atoms with van der Waals surface area (Å²) in [7, 11) is 0. The van der Waals surface area contributed by atoms with E-state index in [1.807, 2.05) is 0 Å². The average molecular weight is 302 g/mol. The van der Waals surface area contributed by atoms with Gasteiger partial charge < -0.3 is 10.8 Å². The van der Waals surface area contributed by atoms with Crippen molar-refractivity contribution < 1.29 is 23.1 Å². The molecule has 0 aromatic heterocycles. The number of carboxylic acid groups (broad SMARTS) is 1. The fourth-order valence-electron chi connectivity index (χ4n) is 1.25. The molecule has 0 spiro atoms. The second-order valence-electron chi connectivity index (χ2n) is 3.32. The third kappa shape index (κ3) is 6.13. The van der Waals surface area contributed by atoms with Gasteiger partial charge in [0.15, 0.2) is 0 Å². The van der Waals surface area contributed by atoms with Crippen LogP contribution in [-0.4, -0.2) is 16.6 Å². The zero-order valence-corrected chi connectivity index (χ0v) is 10.6. The summed E-state index contributed by atoms with van der Waals surface area (Å²) in [6.45, 7) is 0. The number of carboxylic acids is 1. The first-order chi connectivity index (χ1) is 7.78. The number of aliphatic carboxylic acids is 1. The molecule has 0 aliphatic rings. The number of benzene rings is 1. The quantitative estimate of drug-likeness (QED) is 0.838. The summed E-state index contributed by atoms with van der Waals surface area (Å²) in [4.78, 5) is 10.4. The molecule has 8 heteroatoms. The molecule has 0 aliphatic carbocycles. The summed E-state index contributed by atoms with van der Waals surface area (Å²) in [5, 5.41) is 8.54. The Morgan fingerprint density at radius 3 is 2.56 bits per heavy atom. The average Bonchev–Trinajstić information content (AvgIpc) is 2.14. The molecule has 1 aromatic rings. The van der Waals surface area contributed by atoms with Crippen molar-refractivity contribution in [2.45, 2.75) is 22.9 Å². The van der Waals surface area contributed by atoms with Crippen molar-refractivity contribution in [2.75, 3.05) is 0 Å². The summed E-state index contributed by atoms with van der Waals surface area (Å²) in [6.07, 6.45) is -0.319. The maximum Gasteiger partial charge on any atom is 0.446 e. The first-order valence-electron chi connectivity index (χ1n) is 4.61. The predicted octanol–water partition coefficient (Wildman–Crippen LogP) is 3.19. The lowest BCUT2D eigenvalue weighted by Gasteiger charge is -2.11. The van der Waals surface area contributed by atoms with Crippen LogP contribution >= 0.6 is 24.2 Å². The van der Waals surface area contributed by atoms with Crippen LogP contribution in [0.4, 0.5) is 13.2 Å². The first-order valence-corrected chi connectivity index (χ1v) is 5.42. The number of rotatable bonds is 4. The van der Waals surface area contributed by atoms with Crippen LogP contribution in [-0.2, 0) is 4.79 Å². The van der Waals surface area contributed by atoms with Crippen LogP contribution in [0.15, 0.2) is 29.2 Å². The van der Waals surface area contributed by atoms with Crippen molar-refractivity contribution in [1.29, 1.82) is 0 Å². The minimum atomic E-state index is -4.37. The molecule has 0 saturated carbocycles. The molecule has 1 aromatic carbocycles. The standard InChI is InChI=1S/C10H10F3NO2S.ClH/c11-10(12,13)17-7-3-1-2-6(4-7)8(14)5-9(15)16;/h1-4,8H,5,14H2,(H,15,16);1H. The van der Waals surface area contributed by atoms with Gasteiger partial charge in [-0.25, -0.2) is 0 Å². The zero-order valence-electron chi connectivity index (χ0n) is 8.98. The van der Waals surface area contributed by atoms with Gasteiger partial charge in [0.1, 0.15) is 0 Å². The molecule has 1 unspecified atom stereocenters. The minimum Gasteiger partial charge on any atom is -0.481 e. The Hall–Kier alpha value is -0.920. The Balaban J connectivity index is 0.00000289. The number of carbonyl (C=O) groups is 1. The van der Waals surface area contributed by atoms with Crippen LogP contribution in [0.2, 0.25) is 0 Å². The number of hydrogen-bond donors (Lipinski definition) is 2. The highest BCUT2D eigenvalue weighted by Crippen LogP contribution is 2.37. The van der Waals surface area contributed by atoms with Crippen molar-refractivity contribution in [3.05, 3.63) is 29.8 Å². The second kappa shape index (κ2) is 6.86. The van der Waals surface area contributed by atoms with Crippen LogP contribution in [0.25, 0.3) is 0 Å². The fourth-order valence-corrected chi connectivity index (χ4v) is 1.86. The normalized spacial score (nSPS) is 12.7. The largest absolute Gasteiger partial charge is 0.481 e. The van der Waals surface area contributed by atoms with Gasteiger partial charge in [-0.1, -0.05) is 12.1 Å². The Kier molecular flexibility index (Phi) is 6.51. The molecule has 0 aliphatic heterocycles. The SMILES string of the molecule is Cl.NC(CC(=O)O)c1cccc(SC(F)(F)F)c1. The van der Waals surface area contributed by atoms with E-state index < -0.39 is 17.5 Å². The lowest BCUT2D eigenvalue weighted by molar-refractivity contribution is -0.137. The molecule has 18 heavy (non-hydrogen) atoms. The van der Waals surface area contributed by atoms with Crippen LogP contribution in [0.3, 0.4) is 0 Å². The third-order valence-corrected chi connectivity index (χ3v) is 2.64. The molecule has 3 N–H and O–H groups in total. The number of nitrogens with two attached hydrogens (primary N) is 1. The Morgan fingerprint density at radius 2 is 2.06 bits per heavy atom. The van der Waals surface area contributed by atoms with Gasteiger partial charge in [0.2, 0.25) is 0 Å². The lowest BCUT2D eigenvalue weighted by Crippen LogP contribution is -2.15. The number of hydrogen-bond acceptors (Lipinski definition) is 3. The van der Waals surface area contributed by atoms with Crippen LogP contribution < -0.4 is 5.73 Å². The van der Waals surface area contributed by atoms with E-state index in [0.717, 1.165) is 0 Å². The molecule has 1 atom stereocenters. The molecular weight excluding hydrogens is 291 g/mol. The summed E-state index contributed by atoms with van der Waals surface area (Å²) < 4.78 is 36.4. The molecule has 0 bridgehead atoms. The summed E-state index contributed by atoms with van der Waals surface area (Å²) in [6, 6.07) is 4.68. The highest BCUT2D eigenvalue weighted by Gasteiger charge is 2.29. The van der Waals surface area contributed by atoms with Gasteiger partial charge in [0.25, 0.3) is 0 Å². The van der Waals surface area contributed by atoms with Crippen molar-refractivity contribution >= 4 is 30.1 Å². The predicted molar refractivity (Wildman–Crippen MR) is 64.8 cm³/mol. The summed E-state index contributed by atoms with van der Waals surface area (Å²) >= 11 is -0.252. The number of thioether (sulfide) groups is 1. The molecule has 1 rings (SSSR count).